The molecule has 0 spiro atoms. The van der Waals surface area contributed by atoms with Crippen LogP contribution in [0.2, 0.25) is 0 Å². The molecule has 3 N–H and O–H groups in total. The van der Waals surface area contributed by atoms with Crippen LogP contribution in [0, 0.1) is 11.2 Å². The molecule has 0 aliphatic carbocycles. The number of nitrogens with zero attached hydrogens (tertiary/aromatic N) is 2. The molecule has 7 nitrogen and oxygen atoms in total. The number of sulfonamides is 1. The molecule has 0 radical (unpaired) electrons. The SMILES string of the molecule is CC1(CCCCCNc2cc(F)c(S(=O)(=O)Nc3ncns3)cc2Br)CCNC1. The molecule has 1 aromatic heterocycles. The molecule has 1 atom stereocenters. The minimum absolute atomic E-state index is 0.0879. The lowest BCUT2D eigenvalue weighted by Gasteiger charge is -2.22. The highest BCUT2D eigenvalue weighted by atomic mass is 79.9. The number of hydrogen-bond acceptors (Lipinski definition) is 7. The molecule has 1 unspecified atom stereocenters. The molecule has 2 heterocycles. The monoisotopic (exact) mass is 505 g/mol. The van der Waals surface area contributed by atoms with Gasteiger partial charge in [-0.1, -0.05) is 19.8 Å². The Balaban J connectivity index is 1.51. The summed E-state index contributed by atoms with van der Waals surface area (Å²) in [5, 5.41) is 6.69. The maximum atomic E-state index is 14.5. The summed E-state index contributed by atoms with van der Waals surface area (Å²) in [6, 6.07) is 2.46. The number of benzene rings is 1. The van der Waals surface area contributed by atoms with Crippen LogP contribution in [0.3, 0.4) is 0 Å². The minimum Gasteiger partial charge on any atom is -0.384 e. The summed E-state index contributed by atoms with van der Waals surface area (Å²) < 4.78 is 45.7. The van der Waals surface area contributed by atoms with Crippen molar-refractivity contribution in [3.05, 3.63) is 28.7 Å². The Morgan fingerprint density at radius 3 is 2.86 bits per heavy atom. The summed E-state index contributed by atoms with van der Waals surface area (Å²) in [7, 11) is -4.08. The molecule has 29 heavy (non-hydrogen) atoms. The fourth-order valence-electron chi connectivity index (χ4n) is 3.42. The Hall–Kier alpha value is -1.30. The summed E-state index contributed by atoms with van der Waals surface area (Å²) in [4.78, 5) is 3.32. The van der Waals surface area contributed by atoms with Gasteiger partial charge >= 0.3 is 0 Å². The number of hydrogen-bond donors (Lipinski definition) is 3. The second kappa shape index (κ2) is 9.67. The van der Waals surface area contributed by atoms with E-state index in [4.69, 9.17) is 0 Å². The van der Waals surface area contributed by atoms with Crippen LogP contribution in [0.1, 0.15) is 39.0 Å². The van der Waals surface area contributed by atoms with Gasteiger partial charge < -0.3 is 10.6 Å². The molecule has 3 rings (SSSR count). The third-order valence-electron chi connectivity index (χ3n) is 5.12. The van der Waals surface area contributed by atoms with Crippen molar-refractivity contribution in [2.24, 2.45) is 5.41 Å². The zero-order valence-electron chi connectivity index (χ0n) is 16.2. The van der Waals surface area contributed by atoms with Crippen molar-refractivity contribution in [3.8, 4) is 0 Å². The van der Waals surface area contributed by atoms with Crippen LogP contribution in [-0.2, 0) is 10.0 Å². The van der Waals surface area contributed by atoms with Crippen molar-refractivity contribution in [1.29, 1.82) is 0 Å². The van der Waals surface area contributed by atoms with E-state index >= 15 is 0 Å². The molecule has 1 saturated heterocycles. The van der Waals surface area contributed by atoms with E-state index < -0.39 is 20.7 Å². The molecule has 160 valence electrons. The molecular weight excluding hydrogens is 481 g/mol. The fraction of sp³-hybridized carbons (Fsp3) is 0.556. The van der Waals surface area contributed by atoms with E-state index in [0.29, 0.717) is 22.1 Å². The maximum absolute atomic E-state index is 14.5. The molecular formula is C18H25BrFN5O2S2. The predicted molar refractivity (Wildman–Crippen MR) is 117 cm³/mol. The van der Waals surface area contributed by atoms with Gasteiger partial charge in [-0.2, -0.15) is 4.37 Å². The number of unbranched alkanes of at least 4 members (excludes halogenated alkanes) is 2. The largest absolute Gasteiger partial charge is 0.384 e. The van der Waals surface area contributed by atoms with Gasteiger partial charge in [-0.3, -0.25) is 4.72 Å². The maximum Gasteiger partial charge on any atom is 0.266 e. The van der Waals surface area contributed by atoms with Gasteiger partial charge in [-0.05, 0) is 59.3 Å². The van der Waals surface area contributed by atoms with E-state index in [-0.39, 0.29) is 5.13 Å². The number of nitrogens with one attached hydrogen (secondary N) is 3. The summed E-state index contributed by atoms with van der Waals surface area (Å²) in [5.41, 5.74) is 0.952. The smallest absolute Gasteiger partial charge is 0.266 e. The Morgan fingerprint density at radius 2 is 2.17 bits per heavy atom. The summed E-state index contributed by atoms with van der Waals surface area (Å²) in [6.45, 7) is 5.24. The van der Waals surface area contributed by atoms with Crippen LogP contribution in [0.5, 0.6) is 0 Å². The number of halogens is 2. The highest BCUT2D eigenvalue weighted by Gasteiger charge is 2.27. The first-order valence-corrected chi connectivity index (χ1v) is 12.6. The highest BCUT2D eigenvalue weighted by Crippen LogP contribution is 2.31. The van der Waals surface area contributed by atoms with Crippen LogP contribution >= 0.6 is 27.5 Å². The van der Waals surface area contributed by atoms with Crippen molar-refractivity contribution in [2.45, 2.75) is 43.9 Å². The van der Waals surface area contributed by atoms with Crippen molar-refractivity contribution in [2.75, 3.05) is 29.7 Å². The number of aromatic nitrogens is 2. The van der Waals surface area contributed by atoms with Gasteiger partial charge in [0.1, 0.15) is 17.0 Å². The van der Waals surface area contributed by atoms with Gasteiger partial charge in [-0.25, -0.2) is 17.8 Å². The Bertz CT molecular complexity index is 919. The summed E-state index contributed by atoms with van der Waals surface area (Å²) >= 11 is 4.21. The van der Waals surface area contributed by atoms with Gasteiger partial charge in [0.25, 0.3) is 10.0 Å². The van der Waals surface area contributed by atoms with Gasteiger partial charge in [0, 0.05) is 29.1 Å². The molecule has 11 heteroatoms. The molecule has 1 fully saturated rings. The summed E-state index contributed by atoms with van der Waals surface area (Å²) in [6.07, 6.45) is 6.92. The molecule has 1 aliphatic heterocycles. The van der Waals surface area contributed by atoms with E-state index in [1.54, 1.807) is 0 Å². The lowest BCUT2D eigenvalue weighted by atomic mass is 9.84. The van der Waals surface area contributed by atoms with Crippen LogP contribution in [0.4, 0.5) is 15.2 Å². The fourth-order valence-corrected chi connectivity index (χ4v) is 5.80. The van der Waals surface area contributed by atoms with Crippen molar-refractivity contribution in [1.82, 2.24) is 14.7 Å². The zero-order chi connectivity index (χ0) is 20.9. The Kier molecular flexibility index (Phi) is 7.47. The first kappa shape index (κ1) is 22.4. The standard InChI is InChI=1S/C18H25BrFN5O2S2/c1-18(6-8-21-11-18)5-3-2-4-7-22-15-10-14(20)16(9-13(15)19)29(26,27)25-17-23-12-24-28-17/h9-10,12,21-22H,2-8,11H2,1H3,(H,23,24,25). The van der Waals surface area contributed by atoms with Gasteiger partial charge in [-0.15, -0.1) is 0 Å². The van der Waals surface area contributed by atoms with Gasteiger partial charge in [0.15, 0.2) is 0 Å². The average molecular weight is 506 g/mol. The lowest BCUT2D eigenvalue weighted by Crippen LogP contribution is -2.19. The van der Waals surface area contributed by atoms with E-state index in [1.807, 2.05) is 0 Å². The Labute approximate surface area is 183 Å². The third kappa shape index (κ3) is 6.09. The highest BCUT2D eigenvalue weighted by molar-refractivity contribution is 9.10. The van der Waals surface area contributed by atoms with E-state index in [0.717, 1.165) is 37.5 Å². The molecule has 0 amide bonds. The summed E-state index contributed by atoms with van der Waals surface area (Å²) in [5.74, 6) is -0.825. The molecule has 1 aromatic carbocycles. The van der Waals surface area contributed by atoms with E-state index in [1.165, 1.54) is 37.7 Å². The first-order valence-electron chi connectivity index (χ1n) is 9.52. The van der Waals surface area contributed by atoms with Gasteiger partial charge in [0.2, 0.25) is 5.13 Å². The molecule has 0 bridgehead atoms. The molecule has 0 saturated carbocycles. The topological polar surface area (TPSA) is 96.0 Å². The van der Waals surface area contributed by atoms with Crippen molar-refractivity contribution >= 4 is 48.3 Å². The van der Waals surface area contributed by atoms with Crippen LogP contribution < -0.4 is 15.4 Å². The number of anilines is 2. The van der Waals surface area contributed by atoms with E-state index in [9.17, 15) is 12.8 Å². The van der Waals surface area contributed by atoms with Crippen molar-refractivity contribution in [3.63, 3.8) is 0 Å². The van der Waals surface area contributed by atoms with Crippen LogP contribution in [0.15, 0.2) is 27.8 Å². The average Bonchev–Trinajstić information content (AvgIpc) is 3.32. The zero-order valence-corrected chi connectivity index (χ0v) is 19.4. The van der Waals surface area contributed by atoms with Crippen molar-refractivity contribution < 1.29 is 12.8 Å². The third-order valence-corrected chi connectivity index (χ3v) is 7.84. The van der Waals surface area contributed by atoms with E-state index in [2.05, 4.69) is 47.6 Å². The molecule has 2 aromatic rings. The molecule has 1 aliphatic rings. The predicted octanol–water partition coefficient (Wildman–Crippen LogP) is 4.21. The quantitative estimate of drug-likeness (QED) is 0.418. The second-order valence-corrected chi connectivity index (χ2v) is 10.9. The lowest BCUT2D eigenvalue weighted by molar-refractivity contribution is 0.320. The minimum atomic E-state index is -4.08. The second-order valence-electron chi connectivity index (χ2n) is 7.59. The Morgan fingerprint density at radius 1 is 1.34 bits per heavy atom. The van der Waals surface area contributed by atoms with Crippen LogP contribution in [-0.4, -0.2) is 37.4 Å². The number of rotatable bonds is 10. The van der Waals surface area contributed by atoms with Crippen LogP contribution in [0.25, 0.3) is 0 Å². The van der Waals surface area contributed by atoms with Gasteiger partial charge in [0.05, 0.1) is 5.69 Å². The first-order chi connectivity index (χ1) is 13.8. The normalized spacial score (nSPS) is 19.4.